The van der Waals surface area contributed by atoms with Gasteiger partial charge in [0.1, 0.15) is 23.8 Å². The maximum atomic E-state index is 13.0. The van der Waals surface area contributed by atoms with Gasteiger partial charge in [0, 0.05) is 19.6 Å². The minimum atomic E-state index is -0.378. The van der Waals surface area contributed by atoms with Crippen molar-refractivity contribution in [3.05, 3.63) is 29.0 Å². The molecule has 1 aliphatic rings. The van der Waals surface area contributed by atoms with Crippen LogP contribution < -0.4 is 10.1 Å². The van der Waals surface area contributed by atoms with Crippen LogP contribution in [0.3, 0.4) is 0 Å². The predicted octanol–water partition coefficient (Wildman–Crippen LogP) is 2.25. The number of benzene rings is 1. The van der Waals surface area contributed by atoms with Crippen molar-refractivity contribution in [3.63, 3.8) is 0 Å². The normalized spacial score (nSPS) is 25.3. The van der Waals surface area contributed by atoms with Gasteiger partial charge in [-0.15, -0.1) is 0 Å². The van der Waals surface area contributed by atoms with Crippen molar-refractivity contribution in [2.45, 2.75) is 24.7 Å². The Balaban J connectivity index is 1.94. The van der Waals surface area contributed by atoms with Crippen molar-refractivity contribution in [1.29, 1.82) is 0 Å². The van der Waals surface area contributed by atoms with Crippen LogP contribution in [0.4, 0.5) is 4.39 Å². The van der Waals surface area contributed by atoms with E-state index in [1.54, 1.807) is 7.11 Å². The quantitative estimate of drug-likeness (QED) is 0.784. The van der Waals surface area contributed by atoms with Crippen molar-refractivity contribution < 1.29 is 18.6 Å². The summed E-state index contributed by atoms with van der Waals surface area (Å²) in [5, 5.41) is 3.45. The molecule has 20 heavy (non-hydrogen) atoms. The van der Waals surface area contributed by atoms with Gasteiger partial charge in [-0.1, -0.05) is 11.6 Å². The zero-order valence-corrected chi connectivity index (χ0v) is 12.3. The van der Waals surface area contributed by atoms with Gasteiger partial charge in [-0.2, -0.15) is 0 Å². The predicted molar refractivity (Wildman–Crippen MR) is 74.9 cm³/mol. The van der Waals surface area contributed by atoms with Gasteiger partial charge >= 0.3 is 0 Å². The largest absolute Gasteiger partial charge is 0.486 e. The number of rotatable bonds is 7. The van der Waals surface area contributed by atoms with Crippen molar-refractivity contribution in [2.75, 3.05) is 27.4 Å². The molecule has 0 amide bonds. The van der Waals surface area contributed by atoms with E-state index in [1.165, 1.54) is 18.2 Å². The molecule has 0 radical (unpaired) electrons. The average Bonchev–Trinajstić information content (AvgIpc) is 2.41. The van der Waals surface area contributed by atoms with Crippen molar-refractivity contribution >= 4 is 11.6 Å². The Kier molecular flexibility index (Phi) is 5.60. The molecule has 1 aliphatic carbocycles. The highest BCUT2D eigenvalue weighted by Crippen LogP contribution is 2.32. The molecule has 3 unspecified atom stereocenters. The zero-order chi connectivity index (χ0) is 14.5. The first-order chi connectivity index (χ1) is 9.65. The molecule has 0 aliphatic heterocycles. The third-order valence-corrected chi connectivity index (χ3v) is 3.69. The lowest BCUT2D eigenvalue weighted by Gasteiger charge is -2.43. The third kappa shape index (κ3) is 3.61. The molecule has 3 atom stereocenters. The second-order valence-electron chi connectivity index (χ2n) is 4.69. The Hall–Kier alpha value is -0.880. The summed E-state index contributed by atoms with van der Waals surface area (Å²) in [4.78, 5) is 0. The van der Waals surface area contributed by atoms with E-state index in [1.807, 2.05) is 7.05 Å². The lowest BCUT2D eigenvalue weighted by molar-refractivity contribution is -0.114. The summed E-state index contributed by atoms with van der Waals surface area (Å²) >= 11 is 5.96. The third-order valence-electron chi connectivity index (χ3n) is 3.39. The van der Waals surface area contributed by atoms with E-state index in [0.29, 0.717) is 19.0 Å². The lowest BCUT2D eigenvalue weighted by Crippen LogP contribution is -2.60. The summed E-state index contributed by atoms with van der Waals surface area (Å²) in [5.41, 5.74) is 0. The minimum absolute atomic E-state index is 0.0590. The number of methoxy groups -OCH3 is 1. The highest BCUT2D eigenvalue weighted by atomic mass is 35.5. The molecule has 1 saturated carbocycles. The molecule has 1 aromatic rings. The van der Waals surface area contributed by atoms with E-state index >= 15 is 0 Å². The summed E-state index contributed by atoms with van der Waals surface area (Å²) in [5.74, 6) is 0.102. The van der Waals surface area contributed by atoms with Gasteiger partial charge < -0.3 is 19.5 Å². The fourth-order valence-electron chi connectivity index (χ4n) is 2.20. The number of hydrogen-bond donors (Lipinski definition) is 1. The number of ether oxygens (including phenoxy) is 3. The summed E-state index contributed by atoms with van der Waals surface area (Å²) in [6, 6.07) is 4.36. The van der Waals surface area contributed by atoms with Crippen LogP contribution in [0.5, 0.6) is 5.75 Å². The highest BCUT2D eigenvalue weighted by Gasteiger charge is 2.43. The van der Waals surface area contributed by atoms with E-state index in [2.05, 4.69) is 5.32 Å². The van der Waals surface area contributed by atoms with Crippen molar-refractivity contribution in [1.82, 2.24) is 5.32 Å². The van der Waals surface area contributed by atoms with Gasteiger partial charge in [0.25, 0.3) is 0 Å². The second kappa shape index (κ2) is 7.22. The van der Waals surface area contributed by atoms with Crippen LogP contribution in [0.15, 0.2) is 18.2 Å². The van der Waals surface area contributed by atoms with Crippen LogP contribution in [0, 0.1) is 5.82 Å². The van der Waals surface area contributed by atoms with Crippen LogP contribution in [-0.4, -0.2) is 45.6 Å². The first-order valence-corrected chi connectivity index (χ1v) is 6.93. The van der Waals surface area contributed by atoms with Crippen LogP contribution >= 0.6 is 11.6 Å². The molecule has 0 aromatic heterocycles. The van der Waals surface area contributed by atoms with Gasteiger partial charge in [0.15, 0.2) is 0 Å². The van der Waals surface area contributed by atoms with E-state index in [4.69, 9.17) is 25.8 Å². The molecule has 1 fully saturated rings. The van der Waals surface area contributed by atoms with Gasteiger partial charge in [-0.3, -0.25) is 0 Å². The number of likely N-dealkylation sites (N-methyl/N-ethyl adjacent to an activating group) is 1. The summed E-state index contributed by atoms with van der Waals surface area (Å²) in [6.07, 6.45) is 0.672. The Morgan fingerprint density at radius 3 is 2.85 bits per heavy atom. The monoisotopic (exact) mass is 303 g/mol. The molecule has 0 heterocycles. The molecule has 1 N–H and O–H groups in total. The SMILES string of the molecule is CNC1CC(Oc2ccc(F)cc2Cl)C1OCCOC. The number of halogens is 2. The smallest absolute Gasteiger partial charge is 0.138 e. The summed E-state index contributed by atoms with van der Waals surface area (Å²) in [6.45, 7) is 1.05. The molecule has 1 aromatic carbocycles. The molecule has 0 bridgehead atoms. The maximum absolute atomic E-state index is 13.0. The van der Waals surface area contributed by atoms with Gasteiger partial charge in [-0.05, 0) is 25.2 Å². The van der Waals surface area contributed by atoms with E-state index in [0.717, 1.165) is 6.42 Å². The van der Waals surface area contributed by atoms with Crippen molar-refractivity contribution in [2.24, 2.45) is 0 Å². The Bertz CT molecular complexity index is 446. The Labute approximate surface area is 123 Å². The van der Waals surface area contributed by atoms with Crippen LogP contribution in [0.25, 0.3) is 0 Å². The van der Waals surface area contributed by atoms with Gasteiger partial charge in [0.2, 0.25) is 0 Å². The number of hydrogen-bond acceptors (Lipinski definition) is 4. The highest BCUT2D eigenvalue weighted by molar-refractivity contribution is 6.32. The van der Waals surface area contributed by atoms with Crippen LogP contribution in [0.1, 0.15) is 6.42 Å². The van der Waals surface area contributed by atoms with Gasteiger partial charge in [-0.25, -0.2) is 4.39 Å². The average molecular weight is 304 g/mol. The number of nitrogens with one attached hydrogen (secondary N) is 1. The molecule has 6 heteroatoms. The molecule has 112 valence electrons. The fourth-order valence-corrected chi connectivity index (χ4v) is 2.42. The van der Waals surface area contributed by atoms with Crippen molar-refractivity contribution in [3.8, 4) is 5.75 Å². The standard InChI is InChI=1S/C14H19ClFNO3/c1-17-11-8-13(14(11)19-6-5-18-2)20-12-4-3-9(16)7-10(12)15/h3-4,7,11,13-14,17H,5-6,8H2,1-2H3. The molecule has 2 rings (SSSR count). The topological polar surface area (TPSA) is 39.7 Å². The zero-order valence-electron chi connectivity index (χ0n) is 11.6. The summed E-state index contributed by atoms with van der Waals surface area (Å²) < 4.78 is 29.5. The van der Waals surface area contributed by atoms with E-state index < -0.39 is 0 Å². The Morgan fingerprint density at radius 1 is 1.40 bits per heavy atom. The fraction of sp³-hybridized carbons (Fsp3) is 0.571. The Morgan fingerprint density at radius 2 is 2.20 bits per heavy atom. The summed E-state index contributed by atoms with van der Waals surface area (Å²) in [7, 11) is 3.52. The van der Waals surface area contributed by atoms with Gasteiger partial charge in [0.05, 0.1) is 18.2 Å². The molecular formula is C14H19ClFNO3. The second-order valence-corrected chi connectivity index (χ2v) is 5.10. The molecular weight excluding hydrogens is 285 g/mol. The van der Waals surface area contributed by atoms with Crippen LogP contribution in [0.2, 0.25) is 5.02 Å². The van der Waals surface area contributed by atoms with E-state index in [9.17, 15) is 4.39 Å². The molecule has 0 spiro atoms. The lowest BCUT2D eigenvalue weighted by atomic mass is 9.85. The maximum Gasteiger partial charge on any atom is 0.138 e. The van der Waals surface area contributed by atoms with Crippen LogP contribution in [-0.2, 0) is 9.47 Å². The first kappa shape index (κ1) is 15.5. The van der Waals surface area contributed by atoms with E-state index in [-0.39, 0.29) is 29.1 Å². The molecule has 4 nitrogen and oxygen atoms in total. The first-order valence-electron chi connectivity index (χ1n) is 6.55. The molecule has 0 saturated heterocycles. The minimum Gasteiger partial charge on any atom is -0.486 e.